The lowest BCUT2D eigenvalue weighted by atomic mass is 10.3. The van der Waals surface area contributed by atoms with Crippen molar-refractivity contribution < 1.29 is 8.42 Å². The van der Waals surface area contributed by atoms with Gasteiger partial charge >= 0.3 is 0 Å². The number of nitriles is 1. The molecule has 6 heteroatoms. The zero-order chi connectivity index (χ0) is 13.1. The minimum Gasteiger partial charge on any atom is -0.313 e. The second-order valence-electron chi connectivity index (χ2n) is 3.95. The molecule has 0 radical (unpaired) electrons. The third kappa shape index (κ3) is 3.17. The molecule has 92 valence electrons. The first-order valence-corrected chi connectivity index (χ1v) is 6.91. The van der Waals surface area contributed by atoms with Gasteiger partial charge in [0.05, 0.1) is 11.0 Å². The van der Waals surface area contributed by atoms with Gasteiger partial charge in [-0.25, -0.2) is 8.42 Å². The Morgan fingerprint density at radius 1 is 1.47 bits per heavy atom. The van der Waals surface area contributed by atoms with Gasteiger partial charge in [-0.05, 0) is 26.0 Å². The molecule has 0 saturated heterocycles. The van der Waals surface area contributed by atoms with Crippen LogP contribution in [0.25, 0.3) is 0 Å². The minimum atomic E-state index is -3.18. The van der Waals surface area contributed by atoms with Crippen LogP contribution in [0.5, 0.6) is 0 Å². The number of hydrogen-bond donors (Lipinski definition) is 0. The summed E-state index contributed by atoms with van der Waals surface area (Å²) in [6.07, 6.45) is 1.49. The molecule has 0 bridgehead atoms. The molecule has 1 aromatic heterocycles. The molecule has 0 unspecified atom stereocenters. The summed E-state index contributed by atoms with van der Waals surface area (Å²) >= 11 is 0. The first kappa shape index (κ1) is 13.5. The zero-order valence-corrected chi connectivity index (χ0v) is 10.6. The van der Waals surface area contributed by atoms with E-state index in [4.69, 9.17) is 5.26 Å². The van der Waals surface area contributed by atoms with Gasteiger partial charge in [0.15, 0.2) is 9.84 Å². The quantitative estimate of drug-likeness (QED) is 0.785. The smallest absolute Gasteiger partial charge is 0.268 e. The van der Waals surface area contributed by atoms with Gasteiger partial charge in [0.2, 0.25) is 0 Å². The first-order chi connectivity index (χ1) is 7.88. The minimum absolute atomic E-state index is 0.0226. The number of sulfone groups is 1. The van der Waals surface area contributed by atoms with Gasteiger partial charge in [0.25, 0.3) is 5.56 Å². The van der Waals surface area contributed by atoms with Crippen LogP contribution >= 0.6 is 0 Å². The molecule has 0 atom stereocenters. The fourth-order valence-corrected chi connectivity index (χ4v) is 2.18. The summed E-state index contributed by atoms with van der Waals surface area (Å²) < 4.78 is 24.4. The molecule has 0 N–H and O–H groups in total. The van der Waals surface area contributed by atoms with E-state index in [1.54, 1.807) is 26.0 Å². The van der Waals surface area contributed by atoms with Gasteiger partial charge in [0, 0.05) is 12.7 Å². The Morgan fingerprint density at radius 2 is 2.12 bits per heavy atom. The Bertz CT molecular complexity index is 594. The number of hydrogen-bond acceptors (Lipinski definition) is 4. The molecule has 0 aliphatic heterocycles. The summed E-state index contributed by atoms with van der Waals surface area (Å²) in [5, 5.41) is 8.22. The van der Waals surface area contributed by atoms with Gasteiger partial charge in [-0.2, -0.15) is 5.26 Å². The third-order valence-corrected chi connectivity index (χ3v) is 4.66. The fourth-order valence-electron chi connectivity index (χ4n) is 1.26. The van der Waals surface area contributed by atoms with Crippen LogP contribution in [0.3, 0.4) is 0 Å². The third-order valence-electron chi connectivity index (χ3n) is 2.48. The van der Waals surface area contributed by atoms with E-state index in [1.165, 1.54) is 16.8 Å². The molecule has 0 aliphatic rings. The van der Waals surface area contributed by atoms with E-state index in [0.717, 1.165) is 0 Å². The average molecular weight is 254 g/mol. The van der Waals surface area contributed by atoms with Crippen molar-refractivity contribution in [2.24, 2.45) is 0 Å². The topological polar surface area (TPSA) is 79.9 Å². The Balaban J connectivity index is 2.93. The zero-order valence-electron chi connectivity index (χ0n) is 9.75. The normalized spacial score (nSPS) is 11.4. The highest BCUT2D eigenvalue weighted by molar-refractivity contribution is 7.91. The predicted molar refractivity (Wildman–Crippen MR) is 64.3 cm³/mol. The lowest BCUT2D eigenvalue weighted by molar-refractivity contribution is 0.578. The monoisotopic (exact) mass is 254 g/mol. The number of nitrogens with zero attached hydrogens (tertiary/aromatic N) is 2. The van der Waals surface area contributed by atoms with Gasteiger partial charge < -0.3 is 4.57 Å². The largest absolute Gasteiger partial charge is 0.313 e. The van der Waals surface area contributed by atoms with E-state index in [1.807, 2.05) is 0 Å². The van der Waals surface area contributed by atoms with Crippen LogP contribution in [0.1, 0.15) is 19.4 Å². The maximum Gasteiger partial charge on any atom is 0.268 e. The second kappa shape index (κ2) is 5.15. The van der Waals surface area contributed by atoms with Crippen LogP contribution < -0.4 is 5.56 Å². The molecule has 17 heavy (non-hydrogen) atoms. The number of aromatic nitrogens is 1. The summed E-state index contributed by atoms with van der Waals surface area (Å²) in [6, 6.07) is 4.74. The molecule has 0 saturated carbocycles. The highest BCUT2D eigenvalue weighted by Gasteiger charge is 2.16. The summed E-state index contributed by atoms with van der Waals surface area (Å²) in [5.41, 5.74) is -0.427. The maximum absolute atomic E-state index is 11.6. The Labute approximate surface area is 100 Å². The predicted octanol–water partition coefficient (Wildman–Crippen LogP) is 0.543. The van der Waals surface area contributed by atoms with Crippen molar-refractivity contribution in [1.29, 1.82) is 5.26 Å². The summed E-state index contributed by atoms with van der Waals surface area (Å²) in [6.45, 7) is 3.28. The van der Waals surface area contributed by atoms with Gasteiger partial charge in [-0.15, -0.1) is 0 Å². The molecule has 0 amide bonds. The van der Waals surface area contributed by atoms with Crippen LogP contribution in [0.4, 0.5) is 0 Å². The van der Waals surface area contributed by atoms with Crippen molar-refractivity contribution in [3.05, 3.63) is 34.2 Å². The summed E-state index contributed by atoms with van der Waals surface area (Å²) in [5.74, 6) is -0.0978. The van der Waals surface area contributed by atoms with Crippen LogP contribution in [-0.4, -0.2) is 24.0 Å². The highest BCUT2D eigenvalue weighted by atomic mass is 32.2. The molecule has 5 nitrogen and oxygen atoms in total. The fraction of sp³-hybridized carbons (Fsp3) is 0.455. The van der Waals surface area contributed by atoms with Crippen LogP contribution in [-0.2, 0) is 16.4 Å². The first-order valence-electron chi connectivity index (χ1n) is 5.19. The van der Waals surface area contributed by atoms with E-state index >= 15 is 0 Å². The Hall–Kier alpha value is -1.61. The van der Waals surface area contributed by atoms with Crippen molar-refractivity contribution in [1.82, 2.24) is 4.57 Å². The molecule has 1 heterocycles. The van der Waals surface area contributed by atoms with Gasteiger partial charge in [-0.1, -0.05) is 0 Å². The Kier molecular flexibility index (Phi) is 4.07. The van der Waals surface area contributed by atoms with Crippen LogP contribution in [0.15, 0.2) is 23.1 Å². The number of aryl methyl sites for hydroxylation is 1. The second-order valence-corrected chi connectivity index (χ2v) is 6.62. The summed E-state index contributed by atoms with van der Waals surface area (Å²) in [4.78, 5) is 11.6. The molecule has 0 aliphatic carbocycles. The highest BCUT2D eigenvalue weighted by Crippen LogP contribution is 2.01. The molecule has 1 aromatic rings. The van der Waals surface area contributed by atoms with Gasteiger partial charge in [-0.3, -0.25) is 4.79 Å². The number of rotatable bonds is 4. The van der Waals surface area contributed by atoms with Crippen molar-refractivity contribution in [2.45, 2.75) is 25.6 Å². The van der Waals surface area contributed by atoms with Crippen LogP contribution in [0.2, 0.25) is 0 Å². The van der Waals surface area contributed by atoms with Crippen molar-refractivity contribution in [3.8, 4) is 6.07 Å². The van der Waals surface area contributed by atoms with Gasteiger partial charge in [0.1, 0.15) is 11.6 Å². The van der Waals surface area contributed by atoms with E-state index in [2.05, 4.69) is 0 Å². The number of pyridine rings is 1. The van der Waals surface area contributed by atoms with E-state index in [0.29, 0.717) is 0 Å². The average Bonchev–Trinajstić information content (AvgIpc) is 2.27. The van der Waals surface area contributed by atoms with E-state index in [-0.39, 0.29) is 17.9 Å². The van der Waals surface area contributed by atoms with Crippen molar-refractivity contribution in [3.63, 3.8) is 0 Å². The molecule has 0 spiro atoms. The molecular formula is C11H14N2O3S. The summed E-state index contributed by atoms with van der Waals surface area (Å²) in [7, 11) is -3.18. The lowest BCUT2D eigenvalue weighted by Gasteiger charge is -2.09. The Morgan fingerprint density at radius 3 is 2.65 bits per heavy atom. The van der Waals surface area contributed by atoms with Crippen molar-refractivity contribution >= 4 is 9.84 Å². The van der Waals surface area contributed by atoms with E-state index < -0.39 is 20.6 Å². The molecular weight excluding hydrogens is 240 g/mol. The SMILES string of the molecule is CC(C)S(=O)(=O)CCn1cccc(C#N)c1=O. The van der Waals surface area contributed by atoms with Crippen LogP contribution in [0, 0.1) is 11.3 Å². The standard InChI is InChI=1S/C11H14N2O3S/c1-9(2)17(15,16)7-6-13-5-3-4-10(8-12)11(13)14/h3-5,9H,6-7H2,1-2H3. The van der Waals surface area contributed by atoms with Crippen molar-refractivity contribution in [2.75, 3.05) is 5.75 Å². The molecule has 1 rings (SSSR count). The van der Waals surface area contributed by atoms with E-state index in [9.17, 15) is 13.2 Å². The lowest BCUT2D eigenvalue weighted by Crippen LogP contribution is -2.27. The maximum atomic E-state index is 11.6. The molecule has 0 fully saturated rings. The molecule has 0 aromatic carbocycles.